The van der Waals surface area contributed by atoms with Gasteiger partial charge >= 0.3 is 0 Å². The van der Waals surface area contributed by atoms with Gasteiger partial charge in [-0.15, -0.1) is 0 Å². The quantitative estimate of drug-likeness (QED) is 0.730. The van der Waals surface area contributed by atoms with E-state index >= 15 is 0 Å². The fourth-order valence-corrected chi connectivity index (χ4v) is 2.76. The molecule has 3 unspecified atom stereocenters. The number of hydrogen-bond donors (Lipinski definition) is 1. The van der Waals surface area contributed by atoms with E-state index in [-0.39, 0.29) is 0 Å². The molecule has 0 aliphatic heterocycles. The van der Waals surface area contributed by atoms with Gasteiger partial charge in [-0.05, 0) is 44.4 Å². The maximum Gasteiger partial charge on any atom is 0.0724 e. The molecule has 2 aliphatic rings. The zero-order valence-corrected chi connectivity index (χ0v) is 9.46. The van der Waals surface area contributed by atoms with Crippen molar-refractivity contribution in [1.29, 1.82) is 0 Å². The van der Waals surface area contributed by atoms with Gasteiger partial charge in [0.2, 0.25) is 0 Å². The lowest BCUT2D eigenvalue weighted by atomic mass is 10.1. The topological polar surface area (TPSA) is 21.3 Å². The van der Waals surface area contributed by atoms with Crippen LogP contribution in [0.25, 0.3) is 0 Å². The molecule has 2 saturated carbocycles. The molecule has 0 aromatic carbocycles. The van der Waals surface area contributed by atoms with Gasteiger partial charge in [-0.1, -0.05) is 6.92 Å². The van der Waals surface area contributed by atoms with Crippen LogP contribution in [0.3, 0.4) is 0 Å². The zero-order chi connectivity index (χ0) is 9.97. The van der Waals surface area contributed by atoms with E-state index in [1.54, 1.807) is 0 Å². The molecule has 0 aromatic heterocycles. The molecule has 0 heterocycles. The fourth-order valence-electron chi connectivity index (χ4n) is 2.76. The largest absolute Gasteiger partial charge is 0.380 e. The van der Waals surface area contributed by atoms with Crippen molar-refractivity contribution in [1.82, 2.24) is 5.32 Å². The van der Waals surface area contributed by atoms with Crippen molar-refractivity contribution in [3.05, 3.63) is 0 Å². The molecule has 2 aliphatic carbocycles. The molecule has 0 saturated heterocycles. The Bertz CT molecular complexity index is 179. The van der Waals surface area contributed by atoms with Crippen LogP contribution in [0.1, 0.15) is 45.4 Å². The molecule has 3 atom stereocenters. The first-order valence-electron chi connectivity index (χ1n) is 6.14. The fraction of sp³-hybridized carbons (Fsp3) is 1.00. The molecule has 2 fully saturated rings. The SMILES string of the molecule is CCC(NC1CCCC1OC)C1CC1. The van der Waals surface area contributed by atoms with E-state index in [4.69, 9.17) is 4.74 Å². The Balaban J connectivity index is 1.81. The van der Waals surface area contributed by atoms with E-state index in [0.717, 1.165) is 12.0 Å². The molecular weight excluding hydrogens is 174 g/mol. The number of nitrogens with one attached hydrogen (secondary N) is 1. The first kappa shape index (κ1) is 10.4. The van der Waals surface area contributed by atoms with Crippen LogP contribution < -0.4 is 5.32 Å². The van der Waals surface area contributed by atoms with Crippen molar-refractivity contribution < 1.29 is 4.74 Å². The van der Waals surface area contributed by atoms with Crippen molar-refractivity contribution in [2.75, 3.05) is 7.11 Å². The minimum Gasteiger partial charge on any atom is -0.380 e. The van der Waals surface area contributed by atoms with Crippen LogP contribution >= 0.6 is 0 Å². The highest BCUT2D eigenvalue weighted by Crippen LogP contribution is 2.35. The molecular formula is C12H23NO. The Morgan fingerprint density at radius 1 is 1.29 bits per heavy atom. The molecule has 2 nitrogen and oxygen atoms in total. The van der Waals surface area contributed by atoms with Crippen LogP contribution in [0.2, 0.25) is 0 Å². The van der Waals surface area contributed by atoms with E-state index in [0.29, 0.717) is 12.1 Å². The Labute approximate surface area is 87.4 Å². The van der Waals surface area contributed by atoms with Crippen LogP contribution in [-0.4, -0.2) is 25.3 Å². The Morgan fingerprint density at radius 3 is 2.64 bits per heavy atom. The lowest BCUT2D eigenvalue weighted by molar-refractivity contribution is 0.0799. The summed E-state index contributed by atoms with van der Waals surface area (Å²) in [5.41, 5.74) is 0. The van der Waals surface area contributed by atoms with Crippen molar-refractivity contribution in [2.24, 2.45) is 5.92 Å². The number of rotatable bonds is 5. The summed E-state index contributed by atoms with van der Waals surface area (Å²) in [6.07, 6.45) is 8.51. The molecule has 0 radical (unpaired) electrons. The number of ether oxygens (including phenoxy) is 1. The molecule has 0 spiro atoms. The molecule has 0 bridgehead atoms. The third-order valence-corrected chi connectivity index (χ3v) is 3.81. The van der Waals surface area contributed by atoms with Gasteiger partial charge in [0.05, 0.1) is 6.10 Å². The van der Waals surface area contributed by atoms with Gasteiger partial charge in [0, 0.05) is 19.2 Å². The van der Waals surface area contributed by atoms with Crippen LogP contribution in [0.5, 0.6) is 0 Å². The number of hydrogen-bond acceptors (Lipinski definition) is 2. The smallest absolute Gasteiger partial charge is 0.0724 e. The summed E-state index contributed by atoms with van der Waals surface area (Å²) >= 11 is 0. The second-order valence-electron chi connectivity index (χ2n) is 4.83. The highest BCUT2D eigenvalue weighted by molar-refractivity contribution is 4.92. The average Bonchev–Trinajstić information content (AvgIpc) is 2.95. The normalized spacial score (nSPS) is 34.7. The monoisotopic (exact) mass is 197 g/mol. The molecule has 82 valence electrons. The summed E-state index contributed by atoms with van der Waals surface area (Å²) in [6.45, 7) is 2.30. The zero-order valence-electron chi connectivity index (χ0n) is 9.46. The molecule has 0 amide bonds. The maximum absolute atomic E-state index is 5.51. The summed E-state index contributed by atoms with van der Waals surface area (Å²) in [6, 6.07) is 1.39. The van der Waals surface area contributed by atoms with Gasteiger partial charge in [-0.2, -0.15) is 0 Å². The minimum absolute atomic E-state index is 0.475. The van der Waals surface area contributed by atoms with Gasteiger partial charge in [0.1, 0.15) is 0 Å². The summed E-state index contributed by atoms with van der Waals surface area (Å²) < 4.78 is 5.51. The average molecular weight is 197 g/mol. The lowest BCUT2D eigenvalue weighted by Crippen LogP contribution is -2.44. The first-order chi connectivity index (χ1) is 6.85. The highest BCUT2D eigenvalue weighted by atomic mass is 16.5. The summed E-state index contributed by atoms with van der Waals surface area (Å²) in [5, 5.41) is 3.80. The Kier molecular flexibility index (Phi) is 3.45. The first-order valence-corrected chi connectivity index (χ1v) is 6.14. The number of methoxy groups -OCH3 is 1. The summed E-state index contributed by atoms with van der Waals surface area (Å²) in [4.78, 5) is 0. The van der Waals surface area contributed by atoms with Crippen molar-refractivity contribution in [3.8, 4) is 0 Å². The Morgan fingerprint density at radius 2 is 2.07 bits per heavy atom. The molecule has 14 heavy (non-hydrogen) atoms. The minimum atomic E-state index is 0.475. The second-order valence-corrected chi connectivity index (χ2v) is 4.83. The third-order valence-electron chi connectivity index (χ3n) is 3.81. The second kappa shape index (κ2) is 4.63. The molecule has 1 N–H and O–H groups in total. The van der Waals surface area contributed by atoms with Gasteiger partial charge in [-0.3, -0.25) is 0 Å². The van der Waals surface area contributed by atoms with Crippen molar-refractivity contribution in [2.45, 2.75) is 63.6 Å². The van der Waals surface area contributed by atoms with Crippen LogP contribution in [-0.2, 0) is 4.74 Å². The van der Waals surface area contributed by atoms with E-state index < -0.39 is 0 Å². The summed E-state index contributed by atoms with van der Waals surface area (Å²) in [7, 11) is 1.85. The van der Waals surface area contributed by atoms with Crippen LogP contribution in [0, 0.1) is 5.92 Å². The van der Waals surface area contributed by atoms with E-state index in [1.165, 1.54) is 38.5 Å². The molecule has 2 rings (SSSR count). The van der Waals surface area contributed by atoms with Gasteiger partial charge in [0.15, 0.2) is 0 Å². The van der Waals surface area contributed by atoms with E-state index in [2.05, 4.69) is 12.2 Å². The maximum atomic E-state index is 5.51. The molecule has 2 heteroatoms. The van der Waals surface area contributed by atoms with Crippen LogP contribution in [0.15, 0.2) is 0 Å². The van der Waals surface area contributed by atoms with Gasteiger partial charge in [-0.25, -0.2) is 0 Å². The van der Waals surface area contributed by atoms with Gasteiger partial charge < -0.3 is 10.1 Å². The van der Waals surface area contributed by atoms with E-state index in [1.807, 2.05) is 7.11 Å². The molecule has 0 aromatic rings. The van der Waals surface area contributed by atoms with Gasteiger partial charge in [0.25, 0.3) is 0 Å². The third kappa shape index (κ3) is 2.29. The lowest BCUT2D eigenvalue weighted by Gasteiger charge is -2.25. The predicted molar refractivity (Wildman–Crippen MR) is 58.4 cm³/mol. The van der Waals surface area contributed by atoms with Crippen LogP contribution in [0.4, 0.5) is 0 Å². The predicted octanol–water partition coefficient (Wildman–Crippen LogP) is 2.33. The standard InChI is InChI=1S/C12H23NO/c1-3-10(9-7-8-9)13-11-5-4-6-12(11)14-2/h9-13H,3-8H2,1-2H3. The Hall–Kier alpha value is -0.0800. The van der Waals surface area contributed by atoms with E-state index in [9.17, 15) is 0 Å². The van der Waals surface area contributed by atoms with Crippen molar-refractivity contribution in [3.63, 3.8) is 0 Å². The highest BCUT2D eigenvalue weighted by Gasteiger charge is 2.34. The van der Waals surface area contributed by atoms with Crippen molar-refractivity contribution >= 4 is 0 Å². The summed E-state index contributed by atoms with van der Waals surface area (Å²) in [5.74, 6) is 0.970.